The Hall–Kier alpha value is -2.63. The maximum Gasteiger partial charge on any atom is 0.308 e. The van der Waals surface area contributed by atoms with Crippen LogP contribution in [0.2, 0.25) is 0 Å². The van der Waals surface area contributed by atoms with Crippen molar-refractivity contribution in [2.24, 2.45) is 11.8 Å². The first-order chi connectivity index (χ1) is 13.3. The lowest BCUT2D eigenvalue weighted by Gasteiger charge is -2.34. The number of carboxylic acid groups (broad SMARTS) is 1. The second kappa shape index (κ2) is 7.08. The number of carbonyl (C=O) groups excluding carboxylic acids is 1. The number of nitrogens with zero attached hydrogens (tertiary/aromatic N) is 3. The first kappa shape index (κ1) is 18.7. The number of aliphatic carboxylic acids is 1. The lowest BCUT2D eigenvalue weighted by Crippen LogP contribution is -2.45. The summed E-state index contributed by atoms with van der Waals surface area (Å²) in [4.78, 5) is 26.5. The van der Waals surface area contributed by atoms with Crippen LogP contribution in [-0.4, -0.2) is 44.8 Å². The molecule has 6 heteroatoms. The molecule has 1 aromatic carbocycles. The SMILES string of the molecule is Cc1ccc(-n2nc(C(=O)N3CC(C)CC(C(=O)O)C3)c3c2CCC3)c(C)c1. The number of likely N-dealkylation sites (tertiary alicyclic amines) is 1. The van der Waals surface area contributed by atoms with Gasteiger partial charge in [0.15, 0.2) is 5.69 Å². The number of aryl methyl sites for hydroxylation is 2. The van der Waals surface area contributed by atoms with Crippen LogP contribution >= 0.6 is 0 Å². The third-order valence-electron chi connectivity index (χ3n) is 6.01. The zero-order valence-corrected chi connectivity index (χ0v) is 16.7. The number of aromatic nitrogens is 2. The Morgan fingerprint density at radius 1 is 1.18 bits per heavy atom. The number of hydrogen-bond donors (Lipinski definition) is 1. The van der Waals surface area contributed by atoms with Gasteiger partial charge in [-0.25, -0.2) is 4.68 Å². The Balaban J connectivity index is 1.71. The summed E-state index contributed by atoms with van der Waals surface area (Å²) in [5, 5.41) is 14.2. The highest BCUT2D eigenvalue weighted by atomic mass is 16.4. The normalized spacial score (nSPS) is 21.6. The summed E-state index contributed by atoms with van der Waals surface area (Å²) in [6, 6.07) is 6.26. The molecule has 2 unspecified atom stereocenters. The molecule has 2 atom stereocenters. The van der Waals surface area contributed by atoms with Crippen LogP contribution in [0.25, 0.3) is 5.69 Å². The van der Waals surface area contributed by atoms with Crippen molar-refractivity contribution < 1.29 is 14.7 Å². The third-order valence-corrected chi connectivity index (χ3v) is 6.01. The van der Waals surface area contributed by atoms with Crippen molar-refractivity contribution in [1.29, 1.82) is 0 Å². The molecule has 6 nitrogen and oxygen atoms in total. The standard InChI is InChI=1S/C22H27N3O3/c1-13-7-8-18(15(3)9-13)25-19-6-4-5-17(19)20(23-25)21(26)24-11-14(2)10-16(12-24)22(27)28/h7-9,14,16H,4-6,10-12H2,1-3H3,(H,27,28). The highest BCUT2D eigenvalue weighted by Crippen LogP contribution is 2.31. The van der Waals surface area contributed by atoms with Gasteiger partial charge in [-0.05, 0) is 57.1 Å². The predicted octanol–water partition coefficient (Wildman–Crippen LogP) is 3.16. The summed E-state index contributed by atoms with van der Waals surface area (Å²) in [5.41, 5.74) is 6.01. The molecule has 1 N–H and O–H groups in total. The van der Waals surface area contributed by atoms with Gasteiger partial charge in [-0.1, -0.05) is 24.6 Å². The van der Waals surface area contributed by atoms with E-state index in [0.717, 1.165) is 41.8 Å². The second-order valence-electron chi connectivity index (χ2n) is 8.42. The zero-order chi connectivity index (χ0) is 20.0. The van der Waals surface area contributed by atoms with Crippen molar-refractivity contribution in [3.05, 3.63) is 46.3 Å². The smallest absolute Gasteiger partial charge is 0.308 e. The number of carbonyl (C=O) groups is 2. The van der Waals surface area contributed by atoms with Gasteiger partial charge < -0.3 is 10.0 Å². The Labute approximate surface area is 165 Å². The van der Waals surface area contributed by atoms with E-state index in [1.807, 2.05) is 11.6 Å². The van der Waals surface area contributed by atoms with Crippen LogP contribution in [0.1, 0.15) is 52.6 Å². The summed E-state index contributed by atoms with van der Waals surface area (Å²) >= 11 is 0. The molecule has 1 amide bonds. The molecular formula is C22H27N3O3. The highest BCUT2D eigenvalue weighted by Gasteiger charge is 2.35. The Morgan fingerprint density at radius 3 is 2.68 bits per heavy atom. The van der Waals surface area contributed by atoms with Crippen molar-refractivity contribution in [3.8, 4) is 5.69 Å². The molecule has 1 fully saturated rings. The number of rotatable bonds is 3. The first-order valence-electron chi connectivity index (χ1n) is 10.1. The van der Waals surface area contributed by atoms with Gasteiger partial charge in [-0.2, -0.15) is 5.10 Å². The number of amides is 1. The third kappa shape index (κ3) is 3.21. The van der Waals surface area contributed by atoms with Crippen LogP contribution in [0.5, 0.6) is 0 Å². The molecule has 1 aliphatic heterocycles. The van der Waals surface area contributed by atoms with E-state index < -0.39 is 11.9 Å². The van der Waals surface area contributed by atoms with E-state index in [2.05, 4.69) is 32.0 Å². The minimum atomic E-state index is -0.824. The first-order valence-corrected chi connectivity index (χ1v) is 10.1. The average molecular weight is 381 g/mol. The Kier molecular flexibility index (Phi) is 4.73. The summed E-state index contributed by atoms with van der Waals surface area (Å²) < 4.78 is 1.94. The average Bonchev–Trinajstić information content (AvgIpc) is 3.23. The van der Waals surface area contributed by atoms with E-state index in [4.69, 9.17) is 5.10 Å². The lowest BCUT2D eigenvalue weighted by atomic mass is 9.90. The molecule has 1 aliphatic carbocycles. The molecule has 0 spiro atoms. The topological polar surface area (TPSA) is 75.4 Å². The maximum atomic E-state index is 13.3. The summed E-state index contributed by atoms with van der Waals surface area (Å²) in [6.45, 7) is 7.00. The minimum Gasteiger partial charge on any atom is -0.481 e. The van der Waals surface area contributed by atoms with E-state index in [1.54, 1.807) is 4.90 Å². The van der Waals surface area contributed by atoms with E-state index in [1.165, 1.54) is 5.56 Å². The molecule has 2 heterocycles. The van der Waals surface area contributed by atoms with Gasteiger partial charge in [0.2, 0.25) is 0 Å². The van der Waals surface area contributed by atoms with Crippen LogP contribution in [-0.2, 0) is 17.6 Å². The van der Waals surface area contributed by atoms with Crippen molar-refractivity contribution in [1.82, 2.24) is 14.7 Å². The fourth-order valence-electron chi connectivity index (χ4n) is 4.70. The van der Waals surface area contributed by atoms with Crippen molar-refractivity contribution in [3.63, 3.8) is 0 Å². The van der Waals surface area contributed by atoms with Crippen LogP contribution in [0.3, 0.4) is 0 Å². The molecule has 1 aromatic heterocycles. The van der Waals surface area contributed by atoms with Gasteiger partial charge in [0.1, 0.15) is 0 Å². The molecule has 2 aromatic rings. The largest absolute Gasteiger partial charge is 0.481 e. The Morgan fingerprint density at radius 2 is 1.96 bits per heavy atom. The molecular weight excluding hydrogens is 354 g/mol. The second-order valence-corrected chi connectivity index (χ2v) is 8.42. The van der Waals surface area contributed by atoms with Crippen LogP contribution in [0.15, 0.2) is 18.2 Å². The lowest BCUT2D eigenvalue weighted by molar-refractivity contribution is -0.143. The molecule has 0 radical (unpaired) electrons. The van der Waals surface area contributed by atoms with Crippen molar-refractivity contribution in [2.75, 3.05) is 13.1 Å². The van der Waals surface area contributed by atoms with E-state index in [0.29, 0.717) is 18.7 Å². The summed E-state index contributed by atoms with van der Waals surface area (Å²) in [7, 11) is 0. The summed E-state index contributed by atoms with van der Waals surface area (Å²) in [5.74, 6) is -1.27. The predicted molar refractivity (Wildman–Crippen MR) is 106 cm³/mol. The quantitative estimate of drug-likeness (QED) is 0.886. The van der Waals surface area contributed by atoms with Crippen molar-refractivity contribution in [2.45, 2.75) is 46.5 Å². The molecule has 2 aliphatic rings. The minimum absolute atomic E-state index is 0.125. The van der Waals surface area contributed by atoms with Crippen LogP contribution < -0.4 is 0 Å². The fourth-order valence-corrected chi connectivity index (χ4v) is 4.70. The van der Waals surface area contributed by atoms with Crippen LogP contribution in [0, 0.1) is 25.7 Å². The van der Waals surface area contributed by atoms with Gasteiger partial charge in [-0.3, -0.25) is 9.59 Å². The number of fused-ring (bicyclic) bond motifs is 1. The van der Waals surface area contributed by atoms with Gasteiger partial charge in [-0.15, -0.1) is 0 Å². The fraction of sp³-hybridized carbons (Fsp3) is 0.500. The number of carboxylic acids is 1. The van der Waals surface area contributed by atoms with Gasteiger partial charge in [0, 0.05) is 24.3 Å². The van der Waals surface area contributed by atoms with Gasteiger partial charge in [0.25, 0.3) is 5.91 Å². The molecule has 0 bridgehead atoms. The summed E-state index contributed by atoms with van der Waals surface area (Å²) in [6.07, 6.45) is 3.41. The van der Waals surface area contributed by atoms with E-state index >= 15 is 0 Å². The number of hydrogen-bond acceptors (Lipinski definition) is 3. The zero-order valence-electron chi connectivity index (χ0n) is 16.7. The molecule has 28 heavy (non-hydrogen) atoms. The molecule has 1 saturated heterocycles. The van der Waals surface area contributed by atoms with Crippen molar-refractivity contribution >= 4 is 11.9 Å². The van der Waals surface area contributed by atoms with Crippen LogP contribution in [0.4, 0.5) is 0 Å². The Bertz CT molecular complexity index is 947. The van der Waals surface area contributed by atoms with E-state index in [9.17, 15) is 14.7 Å². The maximum absolute atomic E-state index is 13.3. The van der Waals surface area contributed by atoms with E-state index in [-0.39, 0.29) is 18.4 Å². The van der Waals surface area contributed by atoms with Gasteiger partial charge >= 0.3 is 5.97 Å². The monoisotopic (exact) mass is 381 g/mol. The molecule has 0 saturated carbocycles. The number of piperidine rings is 1. The number of benzene rings is 1. The molecule has 148 valence electrons. The highest BCUT2D eigenvalue weighted by molar-refractivity contribution is 5.94. The molecule has 4 rings (SSSR count). The van der Waals surface area contributed by atoms with Gasteiger partial charge in [0.05, 0.1) is 11.6 Å².